The monoisotopic (exact) mass is 272 g/mol. The summed E-state index contributed by atoms with van der Waals surface area (Å²) in [5.41, 5.74) is 0.748. The minimum atomic E-state index is -3.44. The van der Waals surface area contributed by atoms with Crippen molar-refractivity contribution in [1.82, 2.24) is 8.87 Å². The van der Waals surface area contributed by atoms with E-state index in [2.05, 4.69) is 0 Å². The summed E-state index contributed by atoms with van der Waals surface area (Å²) in [5, 5.41) is 0. The Hall–Kier alpha value is -1.18. The first-order chi connectivity index (χ1) is 7.84. The Morgan fingerprint density at radius 3 is 2.53 bits per heavy atom. The maximum atomic E-state index is 11.9. The summed E-state index contributed by atoms with van der Waals surface area (Å²) in [4.78, 5) is 11.6. The summed E-state index contributed by atoms with van der Waals surface area (Å²) in [5.74, 6) is 0. The highest BCUT2D eigenvalue weighted by atomic mass is 32.2. The molecule has 0 N–H and O–H groups in total. The zero-order valence-corrected chi connectivity index (χ0v) is 11.3. The van der Waals surface area contributed by atoms with Gasteiger partial charge in [0.1, 0.15) is 0 Å². The summed E-state index contributed by atoms with van der Waals surface area (Å²) in [7, 11) is 1.18. The maximum absolute atomic E-state index is 11.9. The van der Waals surface area contributed by atoms with Gasteiger partial charge in [-0.15, -0.1) is 0 Å². The Bertz CT molecular complexity index is 726. The molecule has 2 aromatic rings. The molecule has 1 aromatic carbocycles. The van der Waals surface area contributed by atoms with Crippen LogP contribution in [-0.4, -0.2) is 31.4 Å². The van der Waals surface area contributed by atoms with Gasteiger partial charge in [0.25, 0.3) is 0 Å². The fourth-order valence-corrected chi connectivity index (χ4v) is 3.41. The number of rotatable bonds is 2. The molecule has 0 fully saturated rings. The second kappa shape index (κ2) is 3.94. The molecule has 0 aliphatic carbocycles. The van der Waals surface area contributed by atoms with E-state index < -0.39 is 10.0 Å². The van der Waals surface area contributed by atoms with Crippen LogP contribution in [0, 0.1) is 0 Å². The first-order valence-electron chi connectivity index (χ1n) is 4.86. The molecule has 5 nitrogen and oxygen atoms in total. The molecule has 92 valence electrons. The van der Waals surface area contributed by atoms with Gasteiger partial charge in [0.05, 0.1) is 15.1 Å². The Morgan fingerprint density at radius 1 is 1.29 bits per heavy atom. The molecule has 0 aliphatic heterocycles. The molecule has 7 heteroatoms. The standard InChI is InChI=1S/C10H12N2O3S2/c1-11(2)17(14,15)7-4-5-8-9(6-7)16-10(13)12(8)3/h4-6H,1-3H3. The van der Waals surface area contributed by atoms with E-state index in [1.165, 1.54) is 30.8 Å². The average molecular weight is 272 g/mol. The Balaban J connectivity index is 2.72. The predicted molar refractivity (Wildman–Crippen MR) is 67.9 cm³/mol. The van der Waals surface area contributed by atoms with Crippen LogP contribution in [0.3, 0.4) is 0 Å². The van der Waals surface area contributed by atoms with Crippen molar-refractivity contribution in [2.45, 2.75) is 4.90 Å². The Kier molecular flexibility index (Phi) is 2.84. The van der Waals surface area contributed by atoms with Gasteiger partial charge in [0, 0.05) is 21.1 Å². The lowest BCUT2D eigenvalue weighted by Gasteiger charge is -2.10. The van der Waals surface area contributed by atoms with Crippen LogP contribution < -0.4 is 4.87 Å². The molecule has 0 atom stereocenters. The van der Waals surface area contributed by atoms with E-state index in [0.717, 1.165) is 21.2 Å². The SMILES string of the molecule is CN(C)S(=O)(=O)c1ccc2c(c1)sc(=O)n2C. The minimum Gasteiger partial charge on any atom is -0.302 e. The van der Waals surface area contributed by atoms with Crippen molar-refractivity contribution < 1.29 is 8.42 Å². The van der Waals surface area contributed by atoms with Gasteiger partial charge in [-0.1, -0.05) is 11.3 Å². The zero-order valence-electron chi connectivity index (χ0n) is 9.67. The van der Waals surface area contributed by atoms with E-state index in [-0.39, 0.29) is 9.77 Å². The minimum absolute atomic E-state index is 0.0978. The van der Waals surface area contributed by atoms with Gasteiger partial charge in [-0.2, -0.15) is 0 Å². The van der Waals surface area contributed by atoms with Crippen LogP contribution in [0.2, 0.25) is 0 Å². The highest BCUT2D eigenvalue weighted by Gasteiger charge is 2.18. The number of hydrogen-bond donors (Lipinski definition) is 0. The first kappa shape index (κ1) is 12.3. The number of nitrogens with zero attached hydrogens (tertiary/aromatic N) is 2. The normalized spacial score (nSPS) is 12.5. The molecule has 1 heterocycles. The fraction of sp³-hybridized carbons (Fsp3) is 0.300. The molecular weight excluding hydrogens is 260 g/mol. The van der Waals surface area contributed by atoms with Crippen molar-refractivity contribution in [3.63, 3.8) is 0 Å². The van der Waals surface area contributed by atoms with E-state index in [1.54, 1.807) is 13.1 Å². The summed E-state index contributed by atoms with van der Waals surface area (Å²) < 4.78 is 27.2. The lowest BCUT2D eigenvalue weighted by Crippen LogP contribution is -2.22. The molecule has 0 bridgehead atoms. The van der Waals surface area contributed by atoms with Crippen molar-refractivity contribution in [1.29, 1.82) is 0 Å². The smallest absolute Gasteiger partial charge is 0.302 e. The lowest BCUT2D eigenvalue weighted by atomic mass is 10.3. The molecular formula is C10H12N2O3S2. The Labute approximate surface area is 103 Å². The van der Waals surface area contributed by atoms with Crippen molar-refractivity contribution >= 4 is 31.6 Å². The van der Waals surface area contributed by atoms with Crippen LogP contribution in [0.5, 0.6) is 0 Å². The van der Waals surface area contributed by atoms with Gasteiger partial charge in [0.2, 0.25) is 10.0 Å². The van der Waals surface area contributed by atoms with Gasteiger partial charge < -0.3 is 4.57 Å². The average Bonchev–Trinajstić information content (AvgIpc) is 2.54. The van der Waals surface area contributed by atoms with Crippen LogP contribution in [-0.2, 0) is 17.1 Å². The fourth-order valence-electron chi connectivity index (χ4n) is 1.49. The van der Waals surface area contributed by atoms with Crippen LogP contribution in [0.25, 0.3) is 10.2 Å². The molecule has 0 unspecified atom stereocenters. The predicted octanol–water partition coefficient (Wildman–Crippen LogP) is 0.850. The molecule has 0 saturated carbocycles. The van der Waals surface area contributed by atoms with Crippen LogP contribution in [0.1, 0.15) is 0 Å². The molecule has 0 spiro atoms. The quantitative estimate of drug-likeness (QED) is 0.814. The van der Waals surface area contributed by atoms with Gasteiger partial charge >= 0.3 is 4.87 Å². The molecule has 17 heavy (non-hydrogen) atoms. The van der Waals surface area contributed by atoms with E-state index in [4.69, 9.17) is 0 Å². The Morgan fingerprint density at radius 2 is 1.94 bits per heavy atom. The molecule has 1 aromatic heterocycles. The first-order valence-corrected chi connectivity index (χ1v) is 7.12. The van der Waals surface area contributed by atoms with Crippen LogP contribution in [0.4, 0.5) is 0 Å². The van der Waals surface area contributed by atoms with E-state index in [9.17, 15) is 13.2 Å². The summed E-state index contributed by atoms with van der Waals surface area (Å²) in [6.07, 6.45) is 0. The number of thiazole rings is 1. The molecule has 0 amide bonds. The highest BCUT2D eigenvalue weighted by molar-refractivity contribution is 7.89. The van der Waals surface area contributed by atoms with Gasteiger partial charge in [-0.3, -0.25) is 4.79 Å². The van der Waals surface area contributed by atoms with Gasteiger partial charge in [-0.25, -0.2) is 12.7 Å². The third-order valence-corrected chi connectivity index (χ3v) is 5.35. The van der Waals surface area contributed by atoms with E-state index in [1.807, 2.05) is 0 Å². The van der Waals surface area contributed by atoms with E-state index in [0.29, 0.717) is 4.70 Å². The van der Waals surface area contributed by atoms with Crippen LogP contribution >= 0.6 is 11.3 Å². The third kappa shape index (κ3) is 1.90. The van der Waals surface area contributed by atoms with Crippen molar-refractivity contribution in [2.75, 3.05) is 14.1 Å². The van der Waals surface area contributed by atoms with Gasteiger partial charge in [0.15, 0.2) is 0 Å². The highest BCUT2D eigenvalue weighted by Crippen LogP contribution is 2.22. The zero-order chi connectivity index (χ0) is 12.8. The number of fused-ring (bicyclic) bond motifs is 1. The largest absolute Gasteiger partial charge is 0.307 e. The summed E-state index contributed by atoms with van der Waals surface area (Å²) in [6, 6.07) is 4.71. The number of aryl methyl sites for hydroxylation is 1. The van der Waals surface area contributed by atoms with E-state index >= 15 is 0 Å². The second-order valence-electron chi connectivity index (χ2n) is 3.84. The number of sulfonamides is 1. The summed E-state index contributed by atoms with van der Waals surface area (Å²) in [6.45, 7) is 0. The van der Waals surface area contributed by atoms with Crippen molar-refractivity contribution in [2.24, 2.45) is 7.05 Å². The number of aromatic nitrogens is 1. The topological polar surface area (TPSA) is 59.4 Å². The lowest BCUT2D eigenvalue weighted by molar-refractivity contribution is 0.521. The maximum Gasteiger partial charge on any atom is 0.307 e. The third-order valence-electron chi connectivity index (χ3n) is 2.54. The second-order valence-corrected chi connectivity index (χ2v) is 6.99. The van der Waals surface area contributed by atoms with Gasteiger partial charge in [-0.05, 0) is 18.2 Å². The number of hydrogen-bond acceptors (Lipinski definition) is 4. The molecule has 0 aliphatic rings. The summed E-state index contributed by atoms with van der Waals surface area (Å²) >= 11 is 1.05. The molecule has 2 rings (SSSR count). The molecule has 0 saturated heterocycles. The van der Waals surface area contributed by atoms with Crippen molar-refractivity contribution in [3.8, 4) is 0 Å². The number of benzene rings is 1. The van der Waals surface area contributed by atoms with Crippen LogP contribution in [0.15, 0.2) is 27.9 Å². The molecule has 0 radical (unpaired) electrons. The van der Waals surface area contributed by atoms with Crippen molar-refractivity contribution in [3.05, 3.63) is 27.9 Å².